The summed E-state index contributed by atoms with van der Waals surface area (Å²) in [5.74, 6) is 0. The van der Waals surface area contributed by atoms with E-state index in [9.17, 15) is 0 Å². The minimum Gasteiger partial charge on any atom is -0.143 e. The number of thiophene rings is 8. The largest absolute Gasteiger partial charge is 0.143 e. The summed E-state index contributed by atoms with van der Waals surface area (Å²) < 4.78 is 15.4. The lowest BCUT2D eigenvalue weighted by molar-refractivity contribution is 0.539. The fourth-order valence-corrected chi connectivity index (χ4v) is 20.0. The van der Waals surface area contributed by atoms with E-state index >= 15 is 0 Å². The Kier molecular flexibility index (Phi) is 18.0. The lowest BCUT2D eigenvalue weighted by Gasteiger charge is -2.05. The van der Waals surface area contributed by atoms with E-state index in [1.165, 1.54) is 208 Å². The van der Waals surface area contributed by atoms with Crippen LogP contribution in [0.5, 0.6) is 0 Å². The quantitative estimate of drug-likeness (QED) is 0.0394. The highest BCUT2D eigenvalue weighted by Crippen LogP contribution is 2.57. The molecule has 0 saturated heterocycles. The molecule has 8 heteroatoms. The second-order valence-electron chi connectivity index (χ2n) is 17.5. The van der Waals surface area contributed by atoms with Crippen LogP contribution in [-0.2, 0) is 12.8 Å². The predicted octanol–water partition coefficient (Wildman–Crippen LogP) is 22.5. The second-order valence-corrected chi connectivity index (χ2v) is 25.6. The normalized spacial score (nSPS) is 12.4. The Hall–Kier alpha value is -1.10. The summed E-state index contributed by atoms with van der Waals surface area (Å²) in [5, 5.41) is 4.52. The molecule has 60 heavy (non-hydrogen) atoms. The molecule has 8 aromatic heterocycles. The molecule has 0 nitrogen and oxygen atoms in total. The molecule has 0 bridgehead atoms. The van der Waals surface area contributed by atoms with Gasteiger partial charge in [0.25, 0.3) is 0 Å². The summed E-state index contributed by atoms with van der Waals surface area (Å²) in [4.78, 5) is 6.16. The van der Waals surface area contributed by atoms with Crippen molar-refractivity contribution in [3.05, 3.63) is 46.2 Å². The summed E-state index contributed by atoms with van der Waals surface area (Å²) in [6.45, 7) is 4.63. The van der Waals surface area contributed by atoms with Crippen LogP contribution >= 0.6 is 90.7 Å². The Bertz CT molecular complexity index is 2230. The molecule has 0 unspecified atom stereocenters. The third-order valence-corrected chi connectivity index (χ3v) is 23.0. The molecule has 0 saturated carbocycles. The van der Waals surface area contributed by atoms with Gasteiger partial charge in [-0.3, -0.25) is 0 Å². The maximum atomic E-state index is 2.50. The maximum absolute atomic E-state index is 2.50. The standard InChI is InChI=1S/C52H68S8/c1-3-5-7-9-11-13-15-17-19-21-23-25-27-29-37-45(43-35-41-39(55-43)31-33-53-41)57-49-47(37)59-52-50-48(60-51(49)52)38(46(58-50)44-36-42-40(56-44)32-34-54-42)30-28-26-24-22-20-18-16-14-12-10-8-6-4-2/h31-36H,3-30H2,1-2H3. The van der Waals surface area contributed by atoms with Gasteiger partial charge in [-0.2, -0.15) is 0 Å². The minimum absolute atomic E-state index is 1.22. The number of fused-ring (bicyclic) bond motifs is 7. The van der Waals surface area contributed by atoms with Crippen molar-refractivity contribution in [2.45, 2.75) is 194 Å². The van der Waals surface area contributed by atoms with E-state index in [1.807, 2.05) is 45.3 Å². The summed E-state index contributed by atoms with van der Waals surface area (Å²) in [7, 11) is 0. The van der Waals surface area contributed by atoms with Gasteiger partial charge in [-0.1, -0.05) is 168 Å². The molecule has 8 rings (SSSR count). The molecule has 0 amide bonds. The number of hydrogen-bond donors (Lipinski definition) is 0. The highest BCUT2D eigenvalue weighted by atomic mass is 32.1. The van der Waals surface area contributed by atoms with Gasteiger partial charge in [0.05, 0.1) is 28.2 Å². The molecule has 0 aliphatic heterocycles. The van der Waals surface area contributed by atoms with E-state index in [-0.39, 0.29) is 0 Å². The van der Waals surface area contributed by atoms with Gasteiger partial charge in [-0.25, -0.2) is 0 Å². The van der Waals surface area contributed by atoms with Gasteiger partial charge < -0.3 is 0 Å². The van der Waals surface area contributed by atoms with E-state index in [2.05, 4.69) is 94.2 Å². The Morgan fingerprint density at radius 3 is 0.967 bits per heavy atom. The Labute approximate surface area is 393 Å². The van der Waals surface area contributed by atoms with Crippen molar-refractivity contribution in [3.8, 4) is 19.5 Å². The van der Waals surface area contributed by atoms with Crippen LogP contribution in [-0.4, -0.2) is 0 Å². The van der Waals surface area contributed by atoms with Gasteiger partial charge in [-0.15, -0.1) is 90.7 Å². The summed E-state index contributed by atoms with van der Waals surface area (Å²) in [5.41, 5.74) is 3.33. The first-order valence-corrected chi connectivity index (χ1v) is 30.8. The van der Waals surface area contributed by atoms with Gasteiger partial charge in [0.15, 0.2) is 0 Å². The molecule has 0 atom stereocenters. The first-order valence-electron chi connectivity index (χ1n) is 24.1. The molecule has 0 aliphatic rings. The number of aryl methyl sites for hydroxylation is 2. The van der Waals surface area contributed by atoms with E-state index in [0.717, 1.165) is 0 Å². The molecule has 324 valence electrons. The molecule has 0 N–H and O–H groups in total. The van der Waals surface area contributed by atoms with Crippen LogP contribution in [0.3, 0.4) is 0 Å². The predicted molar refractivity (Wildman–Crippen MR) is 287 cm³/mol. The van der Waals surface area contributed by atoms with Crippen molar-refractivity contribution in [1.82, 2.24) is 0 Å². The third-order valence-electron chi connectivity index (χ3n) is 12.7. The zero-order chi connectivity index (χ0) is 40.9. The van der Waals surface area contributed by atoms with Crippen LogP contribution in [0.4, 0.5) is 0 Å². The van der Waals surface area contributed by atoms with Crippen molar-refractivity contribution < 1.29 is 0 Å². The van der Waals surface area contributed by atoms with Crippen molar-refractivity contribution in [3.63, 3.8) is 0 Å². The van der Waals surface area contributed by atoms with Crippen LogP contribution in [0.1, 0.15) is 192 Å². The van der Waals surface area contributed by atoms with Gasteiger partial charge in [-0.05, 0) is 71.8 Å². The van der Waals surface area contributed by atoms with Gasteiger partial charge in [0, 0.05) is 38.3 Å². The van der Waals surface area contributed by atoms with Crippen molar-refractivity contribution in [2.24, 2.45) is 0 Å². The van der Waals surface area contributed by atoms with E-state index in [1.54, 1.807) is 49.1 Å². The number of unbranched alkanes of at least 4 members (excludes halogenated alkanes) is 24. The number of rotatable bonds is 30. The average molecular weight is 950 g/mol. The Balaban J connectivity index is 0.951. The van der Waals surface area contributed by atoms with Crippen molar-refractivity contribution >= 4 is 138 Å². The SMILES string of the molecule is CCCCCCCCCCCCCCCc1c(-c2cc3sccc3s2)sc2c1sc1c3sc(-c4cc5sccc5s4)c(CCCCCCCCCCCCCCC)c3sc21. The van der Waals surface area contributed by atoms with Crippen LogP contribution in [0, 0.1) is 0 Å². The van der Waals surface area contributed by atoms with Gasteiger partial charge >= 0.3 is 0 Å². The smallest absolute Gasteiger partial charge is 0.0651 e. The van der Waals surface area contributed by atoms with E-state index < -0.39 is 0 Å². The van der Waals surface area contributed by atoms with Crippen LogP contribution in [0.15, 0.2) is 35.0 Å². The maximum Gasteiger partial charge on any atom is 0.0651 e. The number of hydrogen-bond acceptors (Lipinski definition) is 8. The molecule has 0 spiro atoms. The molecular formula is C52H68S8. The zero-order valence-corrected chi connectivity index (χ0v) is 43.1. The second kappa shape index (κ2) is 23.7. The monoisotopic (exact) mass is 948 g/mol. The Morgan fingerprint density at radius 2 is 0.633 bits per heavy atom. The highest BCUT2D eigenvalue weighted by molar-refractivity contribution is 7.46. The fourth-order valence-electron chi connectivity index (χ4n) is 9.26. The van der Waals surface area contributed by atoms with E-state index in [0.29, 0.717) is 0 Å². The van der Waals surface area contributed by atoms with Gasteiger partial charge in [0.1, 0.15) is 0 Å². The van der Waals surface area contributed by atoms with Crippen LogP contribution in [0.25, 0.3) is 66.5 Å². The summed E-state index contributed by atoms with van der Waals surface area (Å²) in [6.07, 6.45) is 39.2. The lowest BCUT2D eigenvalue weighted by atomic mass is 10.0. The van der Waals surface area contributed by atoms with Crippen LogP contribution in [0.2, 0.25) is 0 Å². The molecular weight excluding hydrogens is 881 g/mol. The zero-order valence-electron chi connectivity index (χ0n) is 36.5. The molecule has 8 heterocycles. The van der Waals surface area contributed by atoms with Crippen LogP contribution < -0.4 is 0 Å². The first-order chi connectivity index (χ1) is 29.7. The van der Waals surface area contributed by atoms with Crippen molar-refractivity contribution in [1.29, 1.82) is 0 Å². The molecule has 0 fully saturated rings. The van der Waals surface area contributed by atoms with Crippen molar-refractivity contribution in [2.75, 3.05) is 0 Å². The lowest BCUT2D eigenvalue weighted by Crippen LogP contribution is -1.87. The topological polar surface area (TPSA) is 0 Å². The van der Waals surface area contributed by atoms with Gasteiger partial charge in [0.2, 0.25) is 0 Å². The van der Waals surface area contributed by atoms with E-state index in [4.69, 9.17) is 0 Å². The fraction of sp³-hybridized carbons (Fsp3) is 0.577. The molecule has 0 aliphatic carbocycles. The molecule has 0 aromatic carbocycles. The highest BCUT2D eigenvalue weighted by Gasteiger charge is 2.26. The molecule has 8 aromatic rings. The summed E-state index contributed by atoms with van der Waals surface area (Å²) in [6, 6.07) is 9.66. The average Bonchev–Trinajstić information content (AvgIpc) is 4.11. The molecule has 0 radical (unpaired) electrons. The third kappa shape index (κ3) is 11.4. The summed E-state index contributed by atoms with van der Waals surface area (Å²) >= 11 is 16.4. The first kappa shape index (κ1) is 45.5. The Morgan fingerprint density at radius 1 is 0.317 bits per heavy atom. The minimum atomic E-state index is 1.22.